The number of amides is 1. The van der Waals surface area contributed by atoms with Crippen LogP contribution in [0.3, 0.4) is 0 Å². The van der Waals surface area contributed by atoms with E-state index in [-0.39, 0.29) is 10.8 Å². The maximum absolute atomic E-state index is 12.7. The summed E-state index contributed by atoms with van der Waals surface area (Å²) in [6, 6.07) is 19.3. The number of carbonyl (C=O) groups is 1. The van der Waals surface area contributed by atoms with Crippen LogP contribution >= 0.6 is 0 Å². The maximum Gasteiger partial charge on any atom is 0.261 e. The molecule has 0 aromatic heterocycles. The molecule has 1 aliphatic rings. The Kier molecular flexibility index (Phi) is 5.05. The van der Waals surface area contributed by atoms with Crippen LogP contribution in [0.4, 0.5) is 5.69 Å². The van der Waals surface area contributed by atoms with Gasteiger partial charge in [-0.2, -0.15) is 0 Å². The van der Waals surface area contributed by atoms with Crippen LogP contribution in [0.1, 0.15) is 29.6 Å². The molecule has 3 aromatic carbocycles. The normalized spacial score (nSPS) is 14.8. The van der Waals surface area contributed by atoms with E-state index < -0.39 is 10.0 Å². The first-order valence-electron chi connectivity index (χ1n) is 9.44. The van der Waals surface area contributed by atoms with Crippen LogP contribution in [-0.2, 0) is 10.0 Å². The molecule has 0 unspecified atom stereocenters. The Morgan fingerprint density at radius 1 is 0.821 bits per heavy atom. The third-order valence-corrected chi connectivity index (χ3v) is 6.44. The Bertz CT molecular complexity index is 1100. The van der Waals surface area contributed by atoms with Crippen LogP contribution in [0.5, 0.6) is 0 Å². The number of sulfonamides is 1. The summed E-state index contributed by atoms with van der Waals surface area (Å²) in [5.41, 5.74) is 1.01. The first kappa shape index (κ1) is 18.5. The van der Waals surface area contributed by atoms with Crippen LogP contribution in [0.15, 0.2) is 71.6 Å². The van der Waals surface area contributed by atoms with E-state index in [1.54, 1.807) is 42.5 Å². The zero-order valence-corrected chi connectivity index (χ0v) is 16.3. The molecule has 0 aliphatic carbocycles. The molecule has 1 heterocycles. The molecule has 1 saturated heterocycles. The van der Waals surface area contributed by atoms with Crippen molar-refractivity contribution in [2.75, 3.05) is 17.8 Å². The quantitative estimate of drug-likeness (QED) is 0.719. The summed E-state index contributed by atoms with van der Waals surface area (Å²) in [5, 5.41) is 1.86. The molecule has 5 nitrogen and oxygen atoms in total. The predicted octanol–water partition coefficient (Wildman–Crippen LogP) is 4.27. The monoisotopic (exact) mass is 394 g/mol. The fourth-order valence-corrected chi connectivity index (χ4v) is 4.60. The van der Waals surface area contributed by atoms with E-state index in [1.807, 2.05) is 29.2 Å². The maximum atomic E-state index is 12.7. The number of hydrogen-bond donors (Lipinski definition) is 1. The van der Waals surface area contributed by atoms with Crippen LogP contribution in [-0.4, -0.2) is 32.3 Å². The number of nitrogens with zero attached hydrogens (tertiary/aromatic N) is 1. The molecule has 0 radical (unpaired) electrons. The lowest BCUT2D eigenvalue weighted by Gasteiger charge is -2.26. The van der Waals surface area contributed by atoms with Crippen molar-refractivity contribution < 1.29 is 13.2 Å². The average Bonchev–Trinajstić information content (AvgIpc) is 2.74. The molecule has 0 saturated carbocycles. The summed E-state index contributed by atoms with van der Waals surface area (Å²) in [7, 11) is -3.70. The number of fused-ring (bicyclic) bond motifs is 1. The number of anilines is 1. The van der Waals surface area contributed by atoms with Crippen molar-refractivity contribution in [3.05, 3.63) is 72.3 Å². The van der Waals surface area contributed by atoms with Gasteiger partial charge in [0.1, 0.15) is 0 Å². The molecule has 28 heavy (non-hydrogen) atoms. The van der Waals surface area contributed by atoms with Crippen molar-refractivity contribution in [1.82, 2.24) is 4.90 Å². The Morgan fingerprint density at radius 2 is 1.50 bits per heavy atom. The lowest BCUT2D eigenvalue weighted by atomic mass is 10.1. The van der Waals surface area contributed by atoms with E-state index in [1.165, 1.54) is 6.42 Å². The minimum Gasteiger partial charge on any atom is -0.339 e. The lowest BCUT2D eigenvalue weighted by molar-refractivity contribution is 0.0724. The molecule has 1 N–H and O–H groups in total. The highest BCUT2D eigenvalue weighted by Gasteiger charge is 2.19. The number of nitrogens with one attached hydrogen (secondary N) is 1. The van der Waals surface area contributed by atoms with Crippen molar-refractivity contribution in [3.8, 4) is 0 Å². The number of likely N-dealkylation sites (tertiary alicyclic amines) is 1. The van der Waals surface area contributed by atoms with Gasteiger partial charge in [-0.3, -0.25) is 9.52 Å². The van der Waals surface area contributed by atoms with Gasteiger partial charge in [-0.05, 0) is 66.4 Å². The Morgan fingerprint density at radius 3 is 2.21 bits per heavy atom. The van der Waals surface area contributed by atoms with Gasteiger partial charge < -0.3 is 4.90 Å². The second-order valence-electron chi connectivity index (χ2n) is 7.04. The van der Waals surface area contributed by atoms with Gasteiger partial charge in [-0.1, -0.05) is 30.3 Å². The molecule has 0 bridgehead atoms. The molecule has 1 amide bonds. The van der Waals surface area contributed by atoms with Crippen LogP contribution in [0.2, 0.25) is 0 Å². The van der Waals surface area contributed by atoms with Crippen LogP contribution in [0, 0.1) is 0 Å². The summed E-state index contributed by atoms with van der Waals surface area (Å²) < 4.78 is 28.0. The van der Waals surface area contributed by atoms with E-state index in [0.717, 1.165) is 36.7 Å². The number of benzene rings is 3. The van der Waals surface area contributed by atoms with Crippen molar-refractivity contribution >= 4 is 32.4 Å². The fraction of sp³-hybridized carbons (Fsp3) is 0.227. The van der Waals surface area contributed by atoms with Gasteiger partial charge >= 0.3 is 0 Å². The van der Waals surface area contributed by atoms with Crippen molar-refractivity contribution in [3.63, 3.8) is 0 Å². The Balaban J connectivity index is 1.51. The van der Waals surface area contributed by atoms with Gasteiger partial charge in [0.2, 0.25) is 0 Å². The van der Waals surface area contributed by atoms with E-state index in [2.05, 4.69) is 4.72 Å². The van der Waals surface area contributed by atoms with Gasteiger partial charge in [-0.15, -0.1) is 0 Å². The van der Waals surface area contributed by atoms with Crippen LogP contribution in [0.25, 0.3) is 10.8 Å². The minimum atomic E-state index is -3.70. The zero-order valence-electron chi connectivity index (χ0n) is 15.5. The molecule has 1 fully saturated rings. The zero-order chi connectivity index (χ0) is 19.6. The minimum absolute atomic E-state index is 0.00337. The predicted molar refractivity (Wildman–Crippen MR) is 111 cm³/mol. The molecule has 0 atom stereocenters. The van der Waals surface area contributed by atoms with Gasteiger partial charge in [-0.25, -0.2) is 8.42 Å². The van der Waals surface area contributed by atoms with Gasteiger partial charge in [0, 0.05) is 24.3 Å². The second kappa shape index (κ2) is 7.64. The highest BCUT2D eigenvalue weighted by Crippen LogP contribution is 2.22. The average molecular weight is 394 g/mol. The van der Waals surface area contributed by atoms with E-state index in [0.29, 0.717) is 11.3 Å². The molecule has 0 spiro atoms. The molecular formula is C22H22N2O3S. The van der Waals surface area contributed by atoms with Gasteiger partial charge in [0.15, 0.2) is 0 Å². The second-order valence-corrected chi connectivity index (χ2v) is 8.73. The van der Waals surface area contributed by atoms with Gasteiger partial charge in [0.05, 0.1) is 4.90 Å². The van der Waals surface area contributed by atoms with E-state index >= 15 is 0 Å². The number of carbonyl (C=O) groups excluding carboxylic acids is 1. The third kappa shape index (κ3) is 3.87. The number of hydrogen-bond acceptors (Lipinski definition) is 3. The first-order chi connectivity index (χ1) is 13.5. The van der Waals surface area contributed by atoms with Gasteiger partial charge in [0.25, 0.3) is 15.9 Å². The molecule has 1 aliphatic heterocycles. The lowest BCUT2D eigenvalue weighted by Crippen LogP contribution is -2.35. The van der Waals surface area contributed by atoms with E-state index in [9.17, 15) is 13.2 Å². The summed E-state index contributed by atoms with van der Waals surface area (Å²) >= 11 is 0. The van der Waals surface area contributed by atoms with Crippen molar-refractivity contribution in [2.24, 2.45) is 0 Å². The molecule has 3 aromatic rings. The standard InChI is InChI=1S/C22H22N2O3S/c25-22(24-14-4-1-5-15-24)18-8-11-20(12-9-18)23-28(26,27)21-13-10-17-6-2-3-7-19(17)16-21/h2-3,6-13,16,23H,1,4-5,14-15H2. The Hall–Kier alpha value is -2.86. The smallest absolute Gasteiger partial charge is 0.261 e. The van der Waals surface area contributed by atoms with E-state index in [4.69, 9.17) is 0 Å². The summed E-state index contributed by atoms with van der Waals surface area (Å²) in [4.78, 5) is 14.6. The van der Waals surface area contributed by atoms with Crippen LogP contribution < -0.4 is 4.72 Å². The summed E-state index contributed by atoms with van der Waals surface area (Å²) in [6.07, 6.45) is 3.24. The SMILES string of the molecule is O=C(c1ccc(NS(=O)(=O)c2ccc3ccccc3c2)cc1)N1CCCCC1. The number of piperidine rings is 1. The van der Waals surface area contributed by atoms with Crippen molar-refractivity contribution in [2.45, 2.75) is 24.2 Å². The van der Waals surface area contributed by atoms with Crippen molar-refractivity contribution in [1.29, 1.82) is 0 Å². The largest absolute Gasteiger partial charge is 0.339 e. The topological polar surface area (TPSA) is 66.5 Å². The third-order valence-electron chi connectivity index (χ3n) is 5.06. The fourth-order valence-electron chi connectivity index (χ4n) is 3.51. The summed E-state index contributed by atoms with van der Waals surface area (Å²) in [6.45, 7) is 1.57. The highest BCUT2D eigenvalue weighted by atomic mass is 32.2. The molecular weight excluding hydrogens is 372 g/mol. The summed E-state index contributed by atoms with van der Waals surface area (Å²) in [5.74, 6) is 0.00337. The number of rotatable bonds is 4. The Labute approximate surface area is 165 Å². The molecule has 4 rings (SSSR count). The molecule has 6 heteroatoms. The highest BCUT2D eigenvalue weighted by molar-refractivity contribution is 7.92. The first-order valence-corrected chi connectivity index (χ1v) is 10.9. The molecule has 144 valence electrons.